The summed E-state index contributed by atoms with van der Waals surface area (Å²) in [5, 5.41) is 7.57. The third-order valence-corrected chi connectivity index (χ3v) is 1.69. The van der Waals surface area contributed by atoms with Gasteiger partial charge >= 0.3 is 0 Å². The van der Waals surface area contributed by atoms with Crippen molar-refractivity contribution in [2.45, 2.75) is 19.7 Å². The zero-order valence-corrected chi connectivity index (χ0v) is 10.8. The van der Waals surface area contributed by atoms with Crippen molar-refractivity contribution < 1.29 is 5.11 Å². The molecule has 0 fully saturated rings. The Kier molecular flexibility index (Phi) is 18.0. The van der Waals surface area contributed by atoms with Crippen molar-refractivity contribution in [3.63, 3.8) is 0 Å². The summed E-state index contributed by atoms with van der Waals surface area (Å²) in [6.45, 7) is 4.60. The Hall–Kier alpha value is -0.510. The van der Waals surface area contributed by atoms with E-state index in [0.29, 0.717) is 5.88 Å². The summed E-state index contributed by atoms with van der Waals surface area (Å²) in [5.74, 6) is 0.612. The molecule has 0 heterocycles. The maximum absolute atomic E-state index is 7.57. The number of aliphatic hydroxyl groups is 1. The van der Waals surface area contributed by atoms with Crippen LogP contribution in [-0.2, 0) is 18.3 Å². The van der Waals surface area contributed by atoms with Crippen LogP contribution in [0.1, 0.15) is 19.4 Å². The van der Waals surface area contributed by atoms with Crippen LogP contribution in [-0.4, -0.2) is 18.3 Å². The van der Waals surface area contributed by atoms with Gasteiger partial charge in [-0.1, -0.05) is 30.3 Å². The lowest BCUT2D eigenvalue weighted by molar-refractivity contribution is 0.318. The number of alkyl halides is 1. The van der Waals surface area contributed by atoms with E-state index in [1.54, 1.807) is 6.92 Å². The Labute approximate surface area is 102 Å². The van der Waals surface area contributed by atoms with Gasteiger partial charge in [0.1, 0.15) is 0 Å². The monoisotopic (exact) mass is 247 g/mol. The maximum Gasteiger partial charge on any atom is 0.0492 e. The Balaban J connectivity index is 0. The molecule has 1 N–H and O–H groups in total. The second-order valence-corrected chi connectivity index (χ2v) is 2.91. The third-order valence-electron chi connectivity index (χ3n) is 1.13. The molecule has 15 heavy (non-hydrogen) atoms. The number of halogens is 1. The average molecular weight is 248 g/mol. The molecule has 1 rings (SSSR count). The minimum absolute atomic E-state index is 0.250. The summed E-state index contributed by atoms with van der Waals surface area (Å²) in [4.78, 5) is 0. The van der Waals surface area contributed by atoms with E-state index in [2.05, 4.69) is 16.8 Å². The van der Waals surface area contributed by atoms with Crippen molar-refractivity contribution in [3.05, 3.63) is 35.9 Å². The van der Waals surface area contributed by atoms with Crippen LogP contribution in [0.4, 0.5) is 0 Å². The zero-order chi connectivity index (χ0) is 11.9. The number of benzene rings is 1. The molecule has 0 aliphatic heterocycles. The van der Waals surface area contributed by atoms with Gasteiger partial charge in [0.25, 0.3) is 0 Å². The first-order chi connectivity index (χ1) is 7.26. The van der Waals surface area contributed by atoms with Gasteiger partial charge in [0, 0.05) is 31.5 Å². The lowest BCUT2D eigenvalue weighted by Crippen LogP contribution is -1.71. The van der Waals surface area contributed by atoms with Gasteiger partial charge in [0.05, 0.1) is 0 Å². The fourth-order valence-corrected chi connectivity index (χ4v) is 0.745. The van der Waals surface area contributed by atoms with Crippen molar-refractivity contribution >= 4 is 24.0 Å². The predicted molar refractivity (Wildman–Crippen MR) is 69.1 cm³/mol. The number of aliphatic hydroxyl groups excluding tert-OH is 1. The van der Waals surface area contributed by atoms with E-state index in [9.17, 15) is 0 Å². The minimum Gasteiger partial charge on any atom is -0.397 e. The molecule has 0 aliphatic carbocycles. The lowest BCUT2D eigenvalue weighted by atomic mass is 10.2. The Morgan fingerprint density at radius 2 is 1.67 bits per heavy atom. The van der Waals surface area contributed by atoms with Crippen LogP contribution in [0.15, 0.2) is 34.7 Å². The van der Waals surface area contributed by atoms with Gasteiger partial charge in [0.2, 0.25) is 0 Å². The predicted octanol–water partition coefficient (Wildman–Crippen LogP) is 3.16. The molecule has 0 atom stereocenters. The summed E-state index contributed by atoms with van der Waals surface area (Å²) in [6.07, 6.45) is 0. The van der Waals surface area contributed by atoms with Gasteiger partial charge in [-0.05, 0) is 19.4 Å². The van der Waals surface area contributed by atoms with Crippen molar-refractivity contribution in [2.75, 3.05) is 13.2 Å². The second-order valence-electron chi connectivity index (χ2n) is 2.38. The van der Waals surface area contributed by atoms with E-state index >= 15 is 0 Å². The largest absolute Gasteiger partial charge is 0.397 e. The molecule has 4 heteroatoms. The molecule has 0 unspecified atom stereocenters. The summed E-state index contributed by atoms with van der Waals surface area (Å²) >= 11 is 9.71. The van der Waals surface area contributed by atoms with E-state index < -0.39 is 0 Å². The van der Waals surface area contributed by atoms with Crippen LogP contribution in [0.2, 0.25) is 0 Å². The highest BCUT2D eigenvalue weighted by Gasteiger charge is 1.81. The van der Waals surface area contributed by atoms with Crippen LogP contribution in [0.5, 0.6) is 0 Å². The molecule has 0 bridgehead atoms. The van der Waals surface area contributed by atoms with Gasteiger partial charge in [-0.3, -0.25) is 0 Å². The zero-order valence-electron chi connectivity index (χ0n) is 9.19. The maximum atomic E-state index is 7.57. The quantitative estimate of drug-likeness (QED) is 0.815. The first-order valence-electron chi connectivity index (χ1n) is 4.76. The third kappa shape index (κ3) is 16.2. The van der Waals surface area contributed by atoms with E-state index in [1.807, 2.05) is 37.3 Å². The van der Waals surface area contributed by atoms with Crippen molar-refractivity contribution in [1.29, 1.82) is 0 Å². The normalized spacial score (nSPS) is 7.73. The molecule has 0 saturated carbocycles. The Morgan fingerprint density at radius 3 is 1.87 bits per heavy atom. The first-order valence-corrected chi connectivity index (χ1v) is 5.66. The average Bonchev–Trinajstić information content (AvgIpc) is 2.31. The van der Waals surface area contributed by atoms with Crippen molar-refractivity contribution in [3.8, 4) is 0 Å². The topological polar surface area (TPSA) is 32.6 Å². The van der Waals surface area contributed by atoms with E-state index in [4.69, 9.17) is 16.7 Å². The van der Waals surface area contributed by atoms with E-state index in [1.165, 1.54) is 5.56 Å². The number of hydrogen-bond acceptors (Lipinski definition) is 3. The van der Waals surface area contributed by atoms with Gasteiger partial charge in [-0.2, -0.15) is 0 Å². The summed E-state index contributed by atoms with van der Waals surface area (Å²) < 4.78 is 3.32. The minimum atomic E-state index is 0.250. The van der Waals surface area contributed by atoms with Crippen LogP contribution in [0.3, 0.4) is 0 Å². The molecule has 1 aromatic rings. The highest BCUT2D eigenvalue weighted by molar-refractivity contribution is 7.47. The molecule has 1 aromatic carbocycles. The summed E-state index contributed by atoms with van der Waals surface area (Å²) in [6, 6.07) is 9.96. The standard InChI is InChI=1S/C7H7Cl.C2H5NS.C2H6O/c8-6-7-4-2-1-3-5-7;1-2-3-4;1-2-3/h1-5H,6H2;2H2,1H3;3H,2H2,1H3. The van der Waals surface area contributed by atoms with Crippen LogP contribution < -0.4 is 0 Å². The van der Waals surface area contributed by atoms with Crippen LogP contribution in [0, 0.1) is 0 Å². The fraction of sp³-hybridized carbons (Fsp3) is 0.455. The molecule has 0 saturated heterocycles. The Morgan fingerprint density at radius 1 is 1.27 bits per heavy atom. The number of hydrogen-bond donors (Lipinski definition) is 1. The highest BCUT2D eigenvalue weighted by Crippen LogP contribution is 2.00. The molecule has 86 valence electrons. The highest BCUT2D eigenvalue weighted by atomic mass is 35.5. The number of rotatable bonds is 2. The van der Waals surface area contributed by atoms with Gasteiger partial charge in [-0.25, -0.2) is 4.36 Å². The summed E-state index contributed by atoms with van der Waals surface area (Å²) in [5.41, 5.74) is 1.18. The summed E-state index contributed by atoms with van der Waals surface area (Å²) in [7, 11) is 0. The first kappa shape index (κ1) is 16.9. The molecular formula is C11H18ClNOS. The molecular weight excluding hydrogens is 230 g/mol. The number of nitrogens with zero attached hydrogens (tertiary/aromatic N) is 1. The fourth-order valence-electron chi connectivity index (χ4n) is 0.567. The molecule has 0 spiro atoms. The van der Waals surface area contributed by atoms with Gasteiger partial charge in [-0.15, -0.1) is 11.6 Å². The van der Waals surface area contributed by atoms with E-state index in [0.717, 1.165) is 6.54 Å². The molecule has 0 amide bonds. The van der Waals surface area contributed by atoms with Gasteiger partial charge < -0.3 is 5.11 Å². The van der Waals surface area contributed by atoms with Crippen LogP contribution in [0.25, 0.3) is 0 Å². The van der Waals surface area contributed by atoms with Gasteiger partial charge in [0.15, 0.2) is 0 Å². The lowest BCUT2D eigenvalue weighted by Gasteiger charge is -1.88. The van der Waals surface area contributed by atoms with Crippen LogP contribution >= 0.6 is 11.6 Å². The Bertz CT molecular complexity index is 219. The van der Waals surface area contributed by atoms with Crippen molar-refractivity contribution in [1.82, 2.24) is 0 Å². The molecule has 2 nitrogen and oxygen atoms in total. The molecule has 0 aliphatic rings. The van der Waals surface area contributed by atoms with Crippen molar-refractivity contribution in [2.24, 2.45) is 4.36 Å². The smallest absolute Gasteiger partial charge is 0.0492 e. The second kappa shape index (κ2) is 15.9. The molecule has 0 radical (unpaired) electrons. The van der Waals surface area contributed by atoms with E-state index in [-0.39, 0.29) is 6.61 Å². The SMILES string of the molecule is CCN=S.CCO.ClCc1ccccc1. The molecule has 0 aromatic heterocycles.